The fourth-order valence-corrected chi connectivity index (χ4v) is 2.53. The van der Waals surface area contributed by atoms with E-state index in [9.17, 15) is 0 Å². The van der Waals surface area contributed by atoms with Crippen LogP contribution >= 0.6 is 0 Å². The molecule has 4 nitrogen and oxygen atoms in total. The molecule has 0 saturated carbocycles. The Morgan fingerprint density at radius 1 is 1.26 bits per heavy atom. The van der Waals surface area contributed by atoms with Crippen LogP contribution in [-0.4, -0.2) is 49.0 Å². The van der Waals surface area contributed by atoms with E-state index in [1.165, 1.54) is 38.8 Å². The Kier molecular flexibility index (Phi) is 5.33. The molecular weight excluding hydrogens is 238 g/mol. The molecule has 1 aliphatic heterocycles. The molecule has 0 atom stereocenters. The average Bonchev–Trinajstić information content (AvgIpc) is 2.65. The Hall–Kier alpha value is -1.42. The first kappa shape index (κ1) is 14.0. The lowest BCUT2D eigenvalue weighted by Crippen LogP contribution is -2.46. The van der Waals surface area contributed by atoms with Gasteiger partial charge >= 0.3 is 0 Å². The lowest BCUT2D eigenvalue weighted by molar-refractivity contribution is -0.909. The minimum absolute atomic E-state index is 0.680. The van der Waals surface area contributed by atoms with Crippen molar-refractivity contribution < 1.29 is 9.32 Å². The van der Waals surface area contributed by atoms with Gasteiger partial charge in [-0.25, -0.2) is 0 Å². The van der Waals surface area contributed by atoms with E-state index in [2.05, 4.69) is 17.2 Å². The van der Waals surface area contributed by atoms with Crippen LogP contribution in [0, 0.1) is 0 Å². The third-order valence-electron chi connectivity index (χ3n) is 3.82. The molecule has 0 unspecified atom stereocenters. The number of hydrogen-bond acceptors (Lipinski definition) is 3. The maximum atomic E-state index is 5.36. The molecule has 0 bridgehead atoms. The van der Waals surface area contributed by atoms with E-state index >= 15 is 0 Å². The number of oxime groups is 1. The van der Waals surface area contributed by atoms with Crippen LogP contribution in [0.3, 0.4) is 0 Å². The van der Waals surface area contributed by atoms with Gasteiger partial charge in [-0.3, -0.25) is 4.98 Å². The minimum atomic E-state index is 0.680. The molecule has 104 valence electrons. The molecule has 1 aromatic heterocycles. The molecule has 1 fully saturated rings. The summed E-state index contributed by atoms with van der Waals surface area (Å²) in [6.07, 6.45) is 8.87. The number of hydrogen-bond donors (Lipinski definition) is 0. The highest BCUT2D eigenvalue weighted by Gasteiger charge is 2.22. The first-order valence-corrected chi connectivity index (χ1v) is 7.18. The van der Waals surface area contributed by atoms with Gasteiger partial charge in [0, 0.05) is 6.20 Å². The molecule has 2 rings (SSSR count). The molecule has 0 radical (unpaired) electrons. The zero-order chi connectivity index (χ0) is 13.4. The summed E-state index contributed by atoms with van der Waals surface area (Å²) in [5.74, 6) is 0. The number of quaternary nitrogens is 1. The second-order valence-electron chi connectivity index (χ2n) is 5.53. The van der Waals surface area contributed by atoms with Gasteiger partial charge in [-0.05, 0) is 37.8 Å². The Morgan fingerprint density at radius 3 is 2.74 bits per heavy atom. The molecule has 1 aromatic rings. The standard InChI is InChI=1S/C15H24N3O/c1-18(10-6-2-3-7-11-18)12-13-19-17-14-15-8-4-5-9-16-15/h4-5,8-9,14H,2-3,6-7,10-13H2,1H3/q+1/b17-14+. The Labute approximate surface area is 115 Å². The molecule has 0 aliphatic carbocycles. The van der Waals surface area contributed by atoms with Crippen molar-refractivity contribution in [1.82, 2.24) is 4.98 Å². The summed E-state index contributed by atoms with van der Waals surface area (Å²) in [5, 5.41) is 3.98. The summed E-state index contributed by atoms with van der Waals surface area (Å²) in [6.45, 7) is 4.26. The van der Waals surface area contributed by atoms with Crippen molar-refractivity contribution in [2.24, 2.45) is 5.16 Å². The molecule has 2 heterocycles. The topological polar surface area (TPSA) is 34.5 Å². The van der Waals surface area contributed by atoms with Crippen molar-refractivity contribution >= 4 is 6.21 Å². The monoisotopic (exact) mass is 262 g/mol. The molecule has 0 amide bonds. The van der Waals surface area contributed by atoms with Crippen LogP contribution in [-0.2, 0) is 4.84 Å². The lowest BCUT2D eigenvalue weighted by atomic mass is 10.2. The van der Waals surface area contributed by atoms with Crippen LogP contribution in [0.4, 0.5) is 0 Å². The van der Waals surface area contributed by atoms with E-state index in [-0.39, 0.29) is 0 Å². The van der Waals surface area contributed by atoms with E-state index in [1.807, 2.05) is 18.2 Å². The van der Waals surface area contributed by atoms with E-state index in [4.69, 9.17) is 4.84 Å². The Balaban J connectivity index is 1.70. The van der Waals surface area contributed by atoms with Crippen LogP contribution in [0.1, 0.15) is 31.4 Å². The van der Waals surface area contributed by atoms with Crippen LogP contribution in [0.5, 0.6) is 0 Å². The fourth-order valence-electron chi connectivity index (χ4n) is 2.53. The van der Waals surface area contributed by atoms with Crippen molar-refractivity contribution in [2.75, 3.05) is 33.3 Å². The van der Waals surface area contributed by atoms with Crippen molar-refractivity contribution in [3.63, 3.8) is 0 Å². The van der Waals surface area contributed by atoms with Gasteiger partial charge in [-0.1, -0.05) is 11.2 Å². The first-order valence-electron chi connectivity index (χ1n) is 7.18. The van der Waals surface area contributed by atoms with E-state index in [0.29, 0.717) is 6.61 Å². The fraction of sp³-hybridized carbons (Fsp3) is 0.600. The van der Waals surface area contributed by atoms with Gasteiger partial charge in [-0.15, -0.1) is 0 Å². The molecular formula is C15H24N3O+. The summed E-state index contributed by atoms with van der Waals surface area (Å²) < 4.78 is 1.12. The van der Waals surface area contributed by atoms with Gasteiger partial charge in [0.1, 0.15) is 6.54 Å². The van der Waals surface area contributed by atoms with Crippen molar-refractivity contribution in [2.45, 2.75) is 25.7 Å². The predicted molar refractivity (Wildman–Crippen MR) is 77.0 cm³/mol. The van der Waals surface area contributed by atoms with Gasteiger partial charge in [-0.2, -0.15) is 0 Å². The quantitative estimate of drug-likeness (QED) is 0.353. The van der Waals surface area contributed by atoms with Gasteiger partial charge in [0.2, 0.25) is 0 Å². The molecule has 0 N–H and O–H groups in total. The van der Waals surface area contributed by atoms with Crippen molar-refractivity contribution in [3.05, 3.63) is 30.1 Å². The molecule has 4 heteroatoms. The average molecular weight is 262 g/mol. The number of rotatable bonds is 5. The van der Waals surface area contributed by atoms with Gasteiger partial charge in [0.25, 0.3) is 0 Å². The Bertz CT molecular complexity index is 384. The van der Waals surface area contributed by atoms with Gasteiger partial charge in [0.15, 0.2) is 6.61 Å². The third-order valence-corrected chi connectivity index (χ3v) is 3.82. The highest BCUT2D eigenvalue weighted by atomic mass is 16.6. The molecule has 1 saturated heterocycles. The van der Waals surface area contributed by atoms with Gasteiger partial charge < -0.3 is 9.32 Å². The summed E-state index contributed by atoms with van der Waals surface area (Å²) in [5.41, 5.74) is 0.831. The Morgan fingerprint density at radius 2 is 2.05 bits per heavy atom. The zero-order valence-electron chi connectivity index (χ0n) is 11.8. The minimum Gasteiger partial charge on any atom is -0.390 e. The number of likely N-dealkylation sites (N-methyl/N-ethyl adjacent to an activating group) is 1. The van der Waals surface area contributed by atoms with E-state index < -0.39 is 0 Å². The van der Waals surface area contributed by atoms with Crippen molar-refractivity contribution in [3.8, 4) is 0 Å². The molecule has 1 aliphatic rings. The number of aromatic nitrogens is 1. The van der Waals surface area contributed by atoms with Crippen molar-refractivity contribution in [1.29, 1.82) is 0 Å². The van der Waals surface area contributed by atoms with Gasteiger partial charge in [0.05, 0.1) is 32.0 Å². The highest BCUT2D eigenvalue weighted by Crippen LogP contribution is 2.15. The maximum Gasteiger partial charge on any atom is 0.165 e. The largest absolute Gasteiger partial charge is 0.390 e. The smallest absolute Gasteiger partial charge is 0.165 e. The second kappa shape index (κ2) is 7.24. The normalized spacial score (nSPS) is 19.2. The SMILES string of the molecule is C[N+]1(CCO/N=C/c2ccccn2)CCCCCC1. The maximum absolute atomic E-state index is 5.36. The summed E-state index contributed by atoms with van der Waals surface area (Å²) in [6, 6.07) is 5.75. The van der Waals surface area contributed by atoms with Crippen LogP contribution in [0.2, 0.25) is 0 Å². The molecule has 0 spiro atoms. The predicted octanol–water partition coefficient (Wildman–Crippen LogP) is 2.45. The van der Waals surface area contributed by atoms with Crippen LogP contribution in [0.25, 0.3) is 0 Å². The lowest BCUT2D eigenvalue weighted by Gasteiger charge is -2.32. The van der Waals surface area contributed by atoms with Crippen LogP contribution in [0.15, 0.2) is 29.6 Å². The summed E-state index contributed by atoms with van der Waals surface area (Å²) >= 11 is 0. The summed E-state index contributed by atoms with van der Waals surface area (Å²) in [4.78, 5) is 9.52. The summed E-state index contributed by atoms with van der Waals surface area (Å²) in [7, 11) is 2.33. The van der Waals surface area contributed by atoms with Crippen LogP contribution < -0.4 is 0 Å². The number of nitrogens with zero attached hydrogens (tertiary/aromatic N) is 3. The van der Waals surface area contributed by atoms with E-state index in [0.717, 1.165) is 16.7 Å². The van der Waals surface area contributed by atoms with E-state index in [1.54, 1.807) is 12.4 Å². The molecule has 19 heavy (non-hydrogen) atoms. The highest BCUT2D eigenvalue weighted by molar-refractivity contribution is 5.76. The number of likely N-dealkylation sites (tertiary alicyclic amines) is 1. The first-order chi connectivity index (χ1) is 9.29. The zero-order valence-corrected chi connectivity index (χ0v) is 11.8. The third kappa shape index (κ3) is 4.99. The second-order valence-corrected chi connectivity index (χ2v) is 5.53. The molecule has 0 aromatic carbocycles. The number of pyridine rings is 1.